The number of primary amides is 1. The number of carbonyl (C=O) groups excluding carboxylic acids is 1. The third-order valence-electron chi connectivity index (χ3n) is 2.09. The SMILES string of the molecule is NC(=O)COc1ccc(NS(=O)(=O)CCC(=O)O)cc1. The average molecular weight is 302 g/mol. The normalized spacial score (nSPS) is 10.8. The molecule has 0 aliphatic rings. The minimum atomic E-state index is -3.71. The Hall–Kier alpha value is -2.29. The van der Waals surface area contributed by atoms with Crippen LogP contribution in [-0.2, 0) is 19.6 Å². The van der Waals surface area contributed by atoms with Crippen LogP contribution in [0.1, 0.15) is 6.42 Å². The van der Waals surface area contributed by atoms with Gasteiger partial charge in [0.15, 0.2) is 6.61 Å². The fraction of sp³-hybridized carbons (Fsp3) is 0.273. The van der Waals surface area contributed by atoms with Crippen molar-refractivity contribution in [2.24, 2.45) is 5.73 Å². The summed E-state index contributed by atoms with van der Waals surface area (Å²) in [7, 11) is -3.71. The number of ether oxygens (including phenoxy) is 1. The van der Waals surface area contributed by atoms with E-state index in [1.807, 2.05) is 0 Å². The lowest BCUT2D eigenvalue weighted by molar-refractivity contribution is -0.136. The van der Waals surface area contributed by atoms with Crippen molar-refractivity contribution < 1.29 is 27.9 Å². The molecule has 0 saturated heterocycles. The van der Waals surface area contributed by atoms with Gasteiger partial charge in [0.2, 0.25) is 10.0 Å². The van der Waals surface area contributed by atoms with Crippen molar-refractivity contribution in [3.63, 3.8) is 0 Å². The Labute approximate surface area is 115 Å². The van der Waals surface area contributed by atoms with Gasteiger partial charge in [0.05, 0.1) is 12.2 Å². The zero-order valence-corrected chi connectivity index (χ0v) is 11.2. The summed E-state index contributed by atoms with van der Waals surface area (Å²) < 4.78 is 30.3. The number of nitrogens with two attached hydrogens (primary N) is 1. The van der Waals surface area contributed by atoms with Gasteiger partial charge in [-0.05, 0) is 24.3 Å². The highest BCUT2D eigenvalue weighted by atomic mass is 32.2. The molecule has 0 unspecified atom stereocenters. The zero-order valence-electron chi connectivity index (χ0n) is 10.4. The second kappa shape index (κ2) is 6.75. The fourth-order valence-electron chi connectivity index (χ4n) is 1.23. The molecule has 0 fully saturated rings. The van der Waals surface area contributed by atoms with Crippen LogP contribution < -0.4 is 15.2 Å². The van der Waals surface area contributed by atoms with Crippen LogP contribution >= 0.6 is 0 Å². The van der Waals surface area contributed by atoms with Gasteiger partial charge < -0.3 is 15.6 Å². The maximum absolute atomic E-state index is 11.5. The van der Waals surface area contributed by atoms with Crippen molar-refractivity contribution >= 4 is 27.6 Å². The lowest BCUT2D eigenvalue weighted by Gasteiger charge is -2.08. The van der Waals surface area contributed by atoms with Gasteiger partial charge in [-0.25, -0.2) is 8.42 Å². The Morgan fingerprint density at radius 3 is 2.35 bits per heavy atom. The van der Waals surface area contributed by atoms with E-state index in [9.17, 15) is 18.0 Å². The van der Waals surface area contributed by atoms with Crippen LogP contribution in [0.15, 0.2) is 24.3 Å². The van der Waals surface area contributed by atoms with Crippen LogP contribution in [0.3, 0.4) is 0 Å². The first kappa shape index (κ1) is 15.8. The number of amides is 1. The zero-order chi connectivity index (χ0) is 15.2. The molecule has 1 amide bonds. The summed E-state index contributed by atoms with van der Waals surface area (Å²) in [4.78, 5) is 20.8. The summed E-state index contributed by atoms with van der Waals surface area (Å²) >= 11 is 0. The lowest BCUT2D eigenvalue weighted by atomic mass is 10.3. The van der Waals surface area contributed by atoms with Gasteiger partial charge in [-0.15, -0.1) is 0 Å². The minimum Gasteiger partial charge on any atom is -0.484 e. The second-order valence-electron chi connectivity index (χ2n) is 3.84. The smallest absolute Gasteiger partial charge is 0.304 e. The second-order valence-corrected chi connectivity index (χ2v) is 5.69. The maximum atomic E-state index is 11.5. The van der Waals surface area contributed by atoms with Crippen LogP contribution in [0.5, 0.6) is 5.75 Å². The summed E-state index contributed by atoms with van der Waals surface area (Å²) in [5.74, 6) is -1.96. The molecule has 0 aliphatic carbocycles. The monoisotopic (exact) mass is 302 g/mol. The Bertz CT molecular complexity index is 581. The molecule has 0 radical (unpaired) electrons. The molecule has 20 heavy (non-hydrogen) atoms. The predicted molar refractivity (Wildman–Crippen MR) is 70.8 cm³/mol. The van der Waals surface area contributed by atoms with Gasteiger partial charge in [0.25, 0.3) is 5.91 Å². The van der Waals surface area contributed by atoms with Crippen molar-refractivity contribution in [1.82, 2.24) is 0 Å². The van der Waals surface area contributed by atoms with E-state index in [1.165, 1.54) is 24.3 Å². The Kier molecular flexibility index (Phi) is 5.32. The number of benzene rings is 1. The number of carboxylic acid groups (broad SMARTS) is 1. The molecule has 0 bridgehead atoms. The van der Waals surface area contributed by atoms with Crippen molar-refractivity contribution in [3.8, 4) is 5.75 Å². The summed E-state index contributed by atoms with van der Waals surface area (Å²) in [6.07, 6.45) is -0.477. The van der Waals surface area contributed by atoms with Crippen molar-refractivity contribution in [2.75, 3.05) is 17.1 Å². The molecular weight excluding hydrogens is 288 g/mol. The standard InChI is InChI=1S/C11H14N2O6S/c12-10(14)7-19-9-3-1-8(2-4-9)13-20(17,18)6-5-11(15)16/h1-4,13H,5-7H2,(H2,12,14)(H,15,16). The summed E-state index contributed by atoms with van der Waals surface area (Å²) in [6.45, 7) is -0.274. The van der Waals surface area contributed by atoms with E-state index in [2.05, 4.69) is 4.72 Å². The molecule has 1 rings (SSSR count). The molecule has 0 aromatic heterocycles. The van der Waals surface area contributed by atoms with E-state index >= 15 is 0 Å². The quantitative estimate of drug-likeness (QED) is 0.606. The maximum Gasteiger partial charge on any atom is 0.304 e. The number of sulfonamides is 1. The van der Waals surface area contributed by atoms with Gasteiger partial charge in [-0.1, -0.05) is 0 Å². The van der Waals surface area contributed by atoms with E-state index in [0.29, 0.717) is 5.75 Å². The van der Waals surface area contributed by atoms with Crippen LogP contribution in [0.25, 0.3) is 0 Å². The molecule has 0 spiro atoms. The number of nitrogens with one attached hydrogen (secondary N) is 1. The molecule has 8 nitrogen and oxygen atoms in total. The van der Waals surface area contributed by atoms with E-state index in [-0.39, 0.29) is 12.3 Å². The third-order valence-corrected chi connectivity index (χ3v) is 3.38. The number of carbonyl (C=O) groups is 2. The summed E-state index contributed by atoms with van der Waals surface area (Å²) in [6, 6.07) is 5.76. The largest absolute Gasteiger partial charge is 0.484 e. The molecule has 0 saturated carbocycles. The minimum absolute atomic E-state index is 0.266. The molecule has 0 heterocycles. The first-order chi connectivity index (χ1) is 9.28. The molecule has 0 atom stereocenters. The molecule has 110 valence electrons. The predicted octanol–water partition coefficient (Wildman–Crippen LogP) is -0.233. The fourth-order valence-corrected chi connectivity index (χ4v) is 2.27. The van der Waals surface area contributed by atoms with Crippen LogP contribution in [0.4, 0.5) is 5.69 Å². The highest BCUT2D eigenvalue weighted by Crippen LogP contribution is 2.16. The number of hydrogen-bond donors (Lipinski definition) is 3. The molecule has 0 aliphatic heterocycles. The van der Waals surface area contributed by atoms with E-state index in [4.69, 9.17) is 15.6 Å². The molecule has 9 heteroatoms. The van der Waals surface area contributed by atoms with E-state index in [1.54, 1.807) is 0 Å². The van der Waals surface area contributed by atoms with Gasteiger partial charge in [-0.3, -0.25) is 14.3 Å². The van der Waals surface area contributed by atoms with Crippen molar-refractivity contribution in [1.29, 1.82) is 0 Å². The topological polar surface area (TPSA) is 136 Å². The van der Waals surface area contributed by atoms with Gasteiger partial charge in [0.1, 0.15) is 5.75 Å². The Balaban J connectivity index is 2.60. The first-order valence-electron chi connectivity index (χ1n) is 5.52. The Morgan fingerprint density at radius 1 is 1.25 bits per heavy atom. The average Bonchev–Trinajstić information content (AvgIpc) is 2.35. The highest BCUT2D eigenvalue weighted by molar-refractivity contribution is 7.92. The van der Waals surface area contributed by atoms with Crippen LogP contribution in [0, 0.1) is 0 Å². The third kappa shape index (κ3) is 6.05. The van der Waals surface area contributed by atoms with Crippen LogP contribution in [-0.4, -0.2) is 37.8 Å². The number of rotatable bonds is 8. The molecule has 4 N–H and O–H groups in total. The molecular formula is C11H14N2O6S. The first-order valence-corrected chi connectivity index (χ1v) is 7.17. The van der Waals surface area contributed by atoms with Gasteiger partial charge >= 0.3 is 5.97 Å². The highest BCUT2D eigenvalue weighted by Gasteiger charge is 2.12. The number of carboxylic acids is 1. The van der Waals surface area contributed by atoms with Crippen molar-refractivity contribution in [3.05, 3.63) is 24.3 Å². The van der Waals surface area contributed by atoms with Crippen LogP contribution in [0.2, 0.25) is 0 Å². The number of anilines is 1. The summed E-state index contributed by atoms with van der Waals surface area (Å²) in [5.41, 5.74) is 5.17. The number of aliphatic carboxylic acids is 1. The Morgan fingerprint density at radius 2 is 1.85 bits per heavy atom. The molecule has 1 aromatic rings. The number of hydrogen-bond acceptors (Lipinski definition) is 5. The van der Waals surface area contributed by atoms with Crippen molar-refractivity contribution in [2.45, 2.75) is 6.42 Å². The van der Waals surface area contributed by atoms with E-state index < -0.39 is 34.1 Å². The van der Waals surface area contributed by atoms with Gasteiger partial charge in [-0.2, -0.15) is 0 Å². The van der Waals surface area contributed by atoms with Gasteiger partial charge in [0, 0.05) is 5.69 Å². The summed E-state index contributed by atoms with van der Waals surface area (Å²) in [5, 5.41) is 8.44. The lowest BCUT2D eigenvalue weighted by Crippen LogP contribution is -2.20. The molecule has 1 aromatic carbocycles. The van der Waals surface area contributed by atoms with E-state index in [0.717, 1.165) is 0 Å².